The van der Waals surface area contributed by atoms with Crippen molar-refractivity contribution in [1.29, 1.82) is 0 Å². The third-order valence-corrected chi connectivity index (χ3v) is 5.10. The first-order valence-electron chi connectivity index (χ1n) is 8.81. The van der Waals surface area contributed by atoms with Crippen LogP contribution < -0.4 is 14.4 Å². The summed E-state index contributed by atoms with van der Waals surface area (Å²) in [6.07, 6.45) is 0.314. The van der Waals surface area contributed by atoms with Crippen LogP contribution in [0.4, 0.5) is 11.4 Å². The summed E-state index contributed by atoms with van der Waals surface area (Å²) in [5.74, 6) is 0.268. The number of hydrogen-bond acceptors (Lipinski definition) is 6. The van der Waals surface area contributed by atoms with Gasteiger partial charge in [0, 0.05) is 40.9 Å². The number of rotatable bonds is 4. The first-order chi connectivity index (χ1) is 13.4. The lowest BCUT2D eigenvalue weighted by Crippen LogP contribution is -2.35. The highest BCUT2D eigenvalue weighted by atomic mass is 16.5. The Bertz CT molecular complexity index is 1100. The van der Waals surface area contributed by atoms with Gasteiger partial charge < -0.3 is 24.6 Å². The first kappa shape index (κ1) is 17.9. The van der Waals surface area contributed by atoms with Crippen LogP contribution in [0.15, 0.2) is 36.4 Å². The number of carboxylic acids is 1. The van der Waals surface area contributed by atoms with Crippen LogP contribution in [0.5, 0.6) is 17.2 Å². The summed E-state index contributed by atoms with van der Waals surface area (Å²) < 4.78 is 10.9. The zero-order chi connectivity index (χ0) is 20.0. The third-order valence-electron chi connectivity index (χ3n) is 5.10. The van der Waals surface area contributed by atoms with Gasteiger partial charge in [-0.25, -0.2) is 9.78 Å². The second kappa shape index (κ2) is 6.60. The van der Waals surface area contributed by atoms with E-state index in [1.165, 1.54) is 0 Å². The summed E-state index contributed by atoms with van der Waals surface area (Å²) in [6, 6.07) is 9.37. The molecule has 2 aromatic carbocycles. The van der Waals surface area contributed by atoms with E-state index in [2.05, 4.69) is 4.98 Å². The van der Waals surface area contributed by atoms with Gasteiger partial charge >= 0.3 is 5.97 Å². The molecule has 2 heterocycles. The van der Waals surface area contributed by atoms with Gasteiger partial charge in [-0.3, -0.25) is 0 Å². The number of phenolic OH excluding ortho intramolecular Hbond substituents is 1. The van der Waals surface area contributed by atoms with Gasteiger partial charge in [-0.05, 0) is 25.1 Å². The predicted octanol–water partition coefficient (Wildman–Crippen LogP) is 3.41. The van der Waals surface area contributed by atoms with Crippen LogP contribution in [0.3, 0.4) is 0 Å². The maximum Gasteiger partial charge on any atom is 0.327 e. The molecule has 1 unspecified atom stereocenters. The van der Waals surface area contributed by atoms with Crippen LogP contribution in [0.1, 0.15) is 11.3 Å². The fourth-order valence-electron chi connectivity index (χ4n) is 3.83. The molecule has 0 radical (unpaired) electrons. The van der Waals surface area contributed by atoms with Crippen molar-refractivity contribution in [2.24, 2.45) is 0 Å². The summed E-state index contributed by atoms with van der Waals surface area (Å²) >= 11 is 0. The van der Waals surface area contributed by atoms with Gasteiger partial charge in [0.25, 0.3) is 0 Å². The first-order valence-corrected chi connectivity index (χ1v) is 8.81. The fraction of sp³-hybridized carbons (Fsp3) is 0.238. The molecule has 1 aromatic heterocycles. The van der Waals surface area contributed by atoms with Gasteiger partial charge in [-0.1, -0.05) is 6.07 Å². The molecule has 4 rings (SSSR count). The molecule has 3 aromatic rings. The van der Waals surface area contributed by atoms with Crippen LogP contribution in [0, 0.1) is 6.92 Å². The van der Waals surface area contributed by atoms with E-state index in [-0.39, 0.29) is 5.75 Å². The number of benzene rings is 2. The van der Waals surface area contributed by atoms with Crippen molar-refractivity contribution in [3.05, 3.63) is 47.7 Å². The minimum atomic E-state index is -0.943. The number of fused-ring (bicyclic) bond motifs is 3. The number of carboxylic acid groups (broad SMARTS) is 1. The van der Waals surface area contributed by atoms with E-state index in [9.17, 15) is 15.0 Å². The highest BCUT2D eigenvalue weighted by molar-refractivity contribution is 6.03. The van der Waals surface area contributed by atoms with Crippen LogP contribution in [-0.2, 0) is 11.2 Å². The Hall–Kier alpha value is -3.48. The Morgan fingerprint density at radius 3 is 2.64 bits per heavy atom. The fourth-order valence-corrected chi connectivity index (χ4v) is 3.83. The molecular formula is C21H20N2O5. The quantitative estimate of drug-likeness (QED) is 0.716. The average Bonchev–Trinajstić information content (AvgIpc) is 3.09. The molecule has 7 heteroatoms. The van der Waals surface area contributed by atoms with Crippen molar-refractivity contribution in [2.45, 2.75) is 19.4 Å². The molecule has 7 nitrogen and oxygen atoms in total. The van der Waals surface area contributed by atoms with E-state index in [0.29, 0.717) is 29.1 Å². The van der Waals surface area contributed by atoms with Crippen LogP contribution in [-0.4, -0.2) is 41.4 Å². The van der Waals surface area contributed by atoms with E-state index in [0.717, 1.165) is 22.3 Å². The van der Waals surface area contributed by atoms with Crippen molar-refractivity contribution in [3.8, 4) is 17.2 Å². The number of aryl methyl sites for hydroxylation is 1. The van der Waals surface area contributed by atoms with Crippen molar-refractivity contribution in [3.63, 3.8) is 0 Å². The summed E-state index contributed by atoms with van der Waals surface area (Å²) in [7, 11) is 3.13. The minimum absolute atomic E-state index is 0.0698. The highest BCUT2D eigenvalue weighted by Gasteiger charge is 2.38. The Morgan fingerprint density at radius 2 is 2.00 bits per heavy atom. The normalized spacial score (nSPS) is 15.5. The summed E-state index contributed by atoms with van der Waals surface area (Å²) in [5, 5.41) is 20.6. The number of methoxy groups -OCH3 is 2. The summed E-state index contributed by atoms with van der Waals surface area (Å²) in [6.45, 7) is 1.87. The van der Waals surface area contributed by atoms with Gasteiger partial charge in [0.2, 0.25) is 0 Å². The molecule has 0 fully saturated rings. The zero-order valence-electron chi connectivity index (χ0n) is 15.8. The van der Waals surface area contributed by atoms with E-state index in [4.69, 9.17) is 9.47 Å². The van der Waals surface area contributed by atoms with Crippen LogP contribution in [0.2, 0.25) is 0 Å². The van der Waals surface area contributed by atoms with Gasteiger partial charge in [-0.15, -0.1) is 0 Å². The number of pyridine rings is 1. The van der Waals surface area contributed by atoms with Crippen molar-refractivity contribution in [2.75, 3.05) is 19.1 Å². The predicted molar refractivity (Wildman–Crippen MR) is 105 cm³/mol. The Kier molecular flexibility index (Phi) is 4.22. The maximum atomic E-state index is 12.1. The molecule has 1 aliphatic heterocycles. The Morgan fingerprint density at radius 1 is 1.21 bits per heavy atom. The lowest BCUT2D eigenvalue weighted by molar-refractivity contribution is -0.138. The monoisotopic (exact) mass is 380 g/mol. The smallest absolute Gasteiger partial charge is 0.327 e. The number of aromatic nitrogens is 1. The maximum absolute atomic E-state index is 12.1. The number of carbonyl (C=O) groups is 1. The number of nitrogens with zero attached hydrogens (tertiary/aromatic N) is 2. The van der Waals surface area contributed by atoms with E-state index >= 15 is 0 Å². The number of aliphatic carboxylic acids is 1. The second-order valence-electron chi connectivity index (χ2n) is 6.70. The van der Waals surface area contributed by atoms with Gasteiger partial charge in [-0.2, -0.15) is 0 Å². The molecule has 2 N–H and O–H groups in total. The van der Waals surface area contributed by atoms with E-state index in [1.54, 1.807) is 49.5 Å². The third kappa shape index (κ3) is 2.67. The molecule has 0 saturated heterocycles. The number of phenols is 1. The largest absolute Gasteiger partial charge is 0.508 e. The minimum Gasteiger partial charge on any atom is -0.508 e. The highest BCUT2D eigenvalue weighted by Crippen LogP contribution is 2.47. The molecule has 0 amide bonds. The number of hydrogen-bond donors (Lipinski definition) is 2. The molecule has 28 heavy (non-hydrogen) atoms. The van der Waals surface area contributed by atoms with E-state index in [1.807, 2.05) is 13.0 Å². The van der Waals surface area contributed by atoms with E-state index < -0.39 is 12.0 Å². The second-order valence-corrected chi connectivity index (χ2v) is 6.70. The molecule has 0 saturated carbocycles. The number of ether oxygens (including phenoxy) is 2. The Balaban J connectivity index is 2.08. The van der Waals surface area contributed by atoms with Crippen molar-refractivity contribution < 1.29 is 24.5 Å². The molecule has 144 valence electrons. The summed E-state index contributed by atoms with van der Waals surface area (Å²) in [4.78, 5) is 18.5. The summed E-state index contributed by atoms with van der Waals surface area (Å²) in [5.41, 5.74) is 3.59. The van der Waals surface area contributed by atoms with Crippen LogP contribution >= 0.6 is 0 Å². The van der Waals surface area contributed by atoms with Gasteiger partial charge in [0.05, 0.1) is 19.9 Å². The molecule has 1 aliphatic rings. The number of aromatic hydroxyl groups is 1. The van der Waals surface area contributed by atoms with Crippen molar-refractivity contribution >= 4 is 28.2 Å². The standard InChI is InChI=1S/C21H20N2O5/c1-11-15-10-17(21(25)26)23(12-5-4-6-13(24)7-12)20(15)16-8-14(27-2)9-18(28-3)19(16)22-11/h4-9,17,24H,10H2,1-3H3,(H,25,26). The van der Waals surface area contributed by atoms with Gasteiger partial charge in [0.15, 0.2) is 0 Å². The zero-order valence-corrected chi connectivity index (χ0v) is 15.8. The molecule has 0 bridgehead atoms. The molecule has 0 aliphatic carbocycles. The van der Waals surface area contributed by atoms with Crippen LogP contribution in [0.25, 0.3) is 10.9 Å². The van der Waals surface area contributed by atoms with Crippen molar-refractivity contribution in [1.82, 2.24) is 4.98 Å². The van der Waals surface area contributed by atoms with Gasteiger partial charge in [0.1, 0.15) is 28.8 Å². The molecule has 1 atom stereocenters. The molecular weight excluding hydrogens is 360 g/mol. The average molecular weight is 380 g/mol. The molecule has 0 spiro atoms. The number of anilines is 2. The Labute approximate surface area is 161 Å². The SMILES string of the molecule is COc1cc(OC)c2nc(C)c3c(c2c1)N(c1cccc(O)c1)C(C(=O)O)C3. The topological polar surface area (TPSA) is 92.1 Å². The lowest BCUT2D eigenvalue weighted by Gasteiger charge is -2.26. The lowest BCUT2D eigenvalue weighted by atomic mass is 10.0.